The van der Waals surface area contributed by atoms with Crippen LogP contribution in [0.4, 0.5) is 4.39 Å². The van der Waals surface area contributed by atoms with Crippen molar-refractivity contribution >= 4 is 11.9 Å². The standard InChI is InChI=1S/C14H16FNO3/c1-9-5-6-11(15)10(8-9)13(17)16-7-3-2-4-12(16)14(18)19/h5-6,8,12H,2-4,7H2,1H3,(H,18,19)/t12-/m1/s1. The Balaban J connectivity index is 2.31. The minimum absolute atomic E-state index is 0.0480. The number of carbonyl (C=O) groups is 2. The number of hydrogen-bond donors (Lipinski definition) is 1. The maximum atomic E-state index is 13.7. The second-order valence-electron chi connectivity index (χ2n) is 4.83. The van der Waals surface area contributed by atoms with E-state index in [9.17, 15) is 14.0 Å². The van der Waals surface area contributed by atoms with Gasteiger partial charge in [0.25, 0.3) is 5.91 Å². The Labute approximate surface area is 110 Å². The van der Waals surface area contributed by atoms with Gasteiger partial charge in [0.1, 0.15) is 11.9 Å². The van der Waals surface area contributed by atoms with Crippen molar-refractivity contribution in [1.29, 1.82) is 0 Å². The molecular formula is C14H16FNO3. The first kappa shape index (κ1) is 13.5. The lowest BCUT2D eigenvalue weighted by Crippen LogP contribution is -2.48. The Morgan fingerprint density at radius 3 is 2.79 bits per heavy atom. The largest absolute Gasteiger partial charge is 0.480 e. The third kappa shape index (κ3) is 2.75. The number of rotatable bonds is 2. The first-order chi connectivity index (χ1) is 9.00. The van der Waals surface area contributed by atoms with Gasteiger partial charge in [0.05, 0.1) is 5.56 Å². The molecule has 1 saturated heterocycles. The second-order valence-corrected chi connectivity index (χ2v) is 4.83. The zero-order chi connectivity index (χ0) is 14.0. The number of aliphatic carboxylic acids is 1. The smallest absolute Gasteiger partial charge is 0.326 e. The van der Waals surface area contributed by atoms with E-state index < -0.39 is 23.7 Å². The van der Waals surface area contributed by atoms with Gasteiger partial charge < -0.3 is 10.0 Å². The SMILES string of the molecule is Cc1ccc(F)c(C(=O)N2CCCC[C@@H]2C(=O)O)c1. The molecule has 1 aromatic rings. The van der Waals surface area contributed by atoms with Gasteiger partial charge in [-0.05, 0) is 38.3 Å². The zero-order valence-electron chi connectivity index (χ0n) is 10.7. The molecule has 0 saturated carbocycles. The van der Waals surface area contributed by atoms with Gasteiger partial charge in [0.15, 0.2) is 0 Å². The number of likely N-dealkylation sites (tertiary alicyclic amines) is 1. The predicted octanol–water partition coefficient (Wildman–Crippen LogP) is 2.21. The highest BCUT2D eigenvalue weighted by molar-refractivity contribution is 5.97. The van der Waals surface area contributed by atoms with Crippen LogP contribution in [0, 0.1) is 12.7 Å². The number of halogens is 1. The monoisotopic (exact) mass is 265 g/mol. The number of hydrogen-bond acceptors (Lipinski definition) is 2. The molecule has 1 fully saturated rings. The Morgan fingerprint density at radius 1 is 1.37 bits per heavy atom. The van der Waals surface area contributed by atoms with Crippen molar-refractivity contribution < 1.29 is 19.1 Å². The van der Waals surface area contributed by atoms with Crippen molar-refractivity contribution in [2.45, 2.75) is 32.2 Å². The van der Waals surface area contributed by atoms with E-state index in [-0.39, 0.29) is 5.56 Å². The summed E-state index contributed by atoms with van der Waals surface area (Å²) in [6.45, 7) is 2.13. The lowest BCUT2D eigenvalue weighted by molar-refractivity contribution is -0.143. The summed E-state index contributed by atoms with van der Waals surface area (Å²) in [5, 5.41) is 9.14. The first-order valence-electron chi connectivity index (χ1n) is 6.30. The van der Waals surface area contributed by atoms with Crippen LogP contribution in [-0.4, -0.2) is 34.5 Å². The van der Waals surface area contributed by atoms with E-state index in [0.29, 0.717) is 13.0 Å². The van der Waals surface area contributed by atoms with E-state index in [1.807, 2.05) is 0 Å². The predicted molar refractivity (Wildman–Crippen MR) is 67.4 cm³/mol. The van der Waals surface area contributed by atoms with Crippen LogP contribution in [0.2, 0.25) is 0 Å². The molecular weight excluding hydrogens is 249 g/mol. The molecule has 2 rings (SSSR count). The summed E-state index contributed by atoms with van der Waals surface area (Å²) in [4.78, 5) is 24.7. The number of nitrogens with zero attached hydrogens (tertiary/aromatic N) is 1. The van der Waals surface area contributed by atoms with Crippen LogP contribution in [0.3, 0.4) is 0 Å². The van der Waals surface area contributed by atoms with Crippen LogP contribution < -0.4 is 0 Å². The molecule has 4 nitrogen and oxygen atoms in total. The van der Waals surface area contributed by atoms with Crippen LogP contribution in [0.5, 0.6) is 0 Å². The summed E-state index contributed by atoms with van der Waals surface area (Å²) in [6, 6.07) is 3.44. The summed E-state index contributed by atoms with van der Waals surface area (Å²) in [5.41, 5.74) is 0.724. The Kier molecular flexibility index (Phi) is 3.83. The summed E-state index contributed by atoms with van der Waals surface area (Å²) in [7, 11) is 0. The average Bonchev–Trinajstić information content (AvgIpc) is 2.40. The molecule has 1 aromatic carbocycles. The fourth-order valence-corrected chi connectivity index (χ4v) is 2.39. The topological polar surface area (TPSA) is 57.6 Å². The fourth-order valence-electron chi connectivity index (χ4n) is 2.39. The van der Waals surface area contributed by atoms with Gasteiger partial charge in [-0.3, -0.25) is 4.79 Å². The van der Waals surface area contributed by atoms with Crippen molar-refractivity contribution in [3.63, 3.8) is 0 Å². The molecule has 0 spiro atoms. The lowest BCUT2D eigenvalue weighted by atomic mass is 10.0. The summed E-state index contributed by atoms with van der Waals surface area (Å²) in [5.74, 6) is -2.17. The minimum atomic E-state index is -1.03. The molecule has 102 valence electrons. The van der Waals surface area contributed by atoms with E-state index >= 15 is 0 Å². The third-order valence-electron chi connectivity index (χ3n) is 3.40. The van der Waals surface area contributed by atoms with Crippen molar-refractivity contribution in [2.24, 2.45) is 0 Å². The molecule has 0 unspecified atom stereocenters. The summed E-state index contributed by atoms with van der Waals surface area (Å²) < 4.78 is 13.7. The van der Waals surface area contributed by atoms with Gasteiger partial charge in [-0.25, -0.2) is 9.18 Å². The quantitative estimate of drug-likeness (QED) is 0.892. The molecule has 1 amide bonds. The molecule has 0 aromatic heterocycles. The number of carboxylic acid groups (broad SMARTS) is 1. The Bertz CT molecular complexity index is 515. The first-order valence-corrected chi connectivity index (χ1v) is 6.30. The van der Waals surface area contributed by atoms with Gasteiger partial charge in [-0.15, -0.1) is 0 Å². The normalized spacial score (nSPS) is 19.3. The van der Waals surface area contributed by atoms with E-state index in [1.165, 1.54) is 17.0 Å². The Morgan fingerprint density at radius 2 is 2.11 bits per heavy atom. The van der Waals surface area contributed by atoms with E-state index in [2.05, 4.69) is 0 Å². The minimum Gasteiger partial charge on any atom is -0.480 e. The van der Waals surface area contributed by atoms with Crippen molar-refractivity contribution in [1.82, 2.24) is 4.90 Å². The number of amides is 1. The number of piperidine rings is 1. The van der Waals surface area contributed by atoms with Crippen molar-refractivity contribution in [3.8, 4) is 0 Å². The van der Waals surface area contributed by atoms with E-state index in [0.717, 1.165) is 18.4 Å². The maximum absolute atomic E-state index is 13.7. The molecule has 1 aliphatic heterocycles. The Hall–Kier alpha value is -1.91. The molecule has 0 bridgehead atoms. The number of benzene rings is 1. The third-order valence-corrected chi connectivity index (χ3v) is 3.40. The summed E-state index contributed by atoms with van der Waals surface area (Å²) in [6.07, 6.45) is 1.95. The summed E-state index contributed by atoms with van der Waals surface area (Å²) >= 11 is 0. The van der Waals surface area contributed by atoms with Gasteiger partial charge in [0.2, 0.25) is 0 Å². The van der Waals surface area contributed by atoms with Crippen LogP contribution in [0.25, 0.3) is 0 Å². The second kappa shape index (κ2) is 5.38. The molecule has 1 atom stereocenters. The highest BCUT2D eigenvalue weighted by Gasteiger charge is 2.33. The average molecular weight is 265 g/mol. The van der Waals surface area contributed by atoms with Crippen LogP contribution in [-0.2, 0) is 4.79 Å². The molecule has 1 N–H and O–H groups in total. The maximum Gasteiger partial charge on any atom is 0.326 e. The fraction of sp³-hybridized carbons (Fsp3) is 0.429. The molecule has 19 heavy (non-hydrogen) atoms. The highest BCUT2D eigenvalue weighted by Crippen LogP contribution is 2.21. The lowest BCUT2D eigenvalue weighted by Gasteiger charge is -2.33. The molecule has 1 heterocycles. The van der Waals surface area contributed by atoms with Crippen molar-refractivity contribution in [3.05, 3.63) is 35.1 Å². The number of carboxylic acids is 1. The molecule has 0 radical (unpaired) electrons. The van der Waals surface area contributed by atoms with Crippen molar-refractivity contribution in [2.75, 3.05) is 6.54 Å². The molecule has 0 aliphatic carbocycles. The van der Waals surface area contributed by atoms with Gasteiger partial charge in [-0.2, -0.15) is 0 Å². The number of aryl methyl sites for hydroxylation is 1. The number of carbonyl (C=O) groups excluding carboxylic acids is 1. The molecule has 1 aliphatic rings. The van der Waals surface area contributed by atoms with Crippen LogP contribution >= 0.6 is 0 Å². The van der Waals surface area contributed by atoms with E-state index in [1.54, 1.807) is 13.0 Å². The van der Waals surface area contributed by atoms with Crippen LogP contribution in [0.15, 0.2) is 18.2 Å². The van der Waals surface area contributed by atoms with E-state index in [4.69, 9.17) is 5.11 Å². The highest BCUT2D eigenvalue weighted by atomic mass is 19.1. The van der Waals surface area contributed by atoms with Gasteiger partial charge >= 0.3 is 5.97 Å². The van der Waals surface area contributed by atoms with Gasteiger partial charge in [-0.1, -0.05) is 11.6 Å². The molecule has 5 heteroatoms. The van der Waals surface area contributed by atoms with Gasteiger partial charge in [0, 0.05) is 6.54 Å². The zero-order valence-corrected chi connectivity index (χ0v) is 10.7. The van der Waals surface area contributed by atoms with Crippen LogP contribution in [0.1, 0.15) is 35.2 Å².